The molecule has 7 rings (SSSR count). The quantitative estimate of drug-likeness (QED) is 0.0213. The number of nitrogens with two attached hydrogens (primary N) is 1. The minimum absolute atomic E-state index is 0.0285. The second-order valence-corrected chi connectivity index (χ2v) is 19.0. The van der Waals surface area contributed by atoms with Gasteiger partial charge in [-0.05, 0) is 21.6 Å². The number of β-lactam (4-membered cyclic amide) rings is 2. The average molecular weight is 998 g/mol. The highest BCUT2D eigenvalue weighted by Crippen LogP contribution is 2.42. The molecular weight excluding hydrogens is 963 g/mol. The van der Waals surface area contributed by atoms with Gasteiger partial charge in [0.15, 0.2) is 22.8 Å². The van der Waals surface area contributed by atoms with Gasteiger partial charge in [0.1, 0.15) is 53.6 Å². The van der Waals surface area contributed by atoms with Gasteiger partial charge in [0.25, 0.3) is 33.7 Å². The maximum atomic E-state index is 12.8. The van der Waals surface area contributed by atoms with Crippen LogP contribution >= 0.6 is 46.6 Å². The van der Waals surface area contributed by atoms with Gasteiger partial charge in [0, 0.05) is 35.1 Å². The summed E-state index contributed by atoms with van der Waals surface area (Å²) in [4.78, 5) is 96.1. The molecule has 4 amide bonds. The predicted octanol–water partition coefficient (Wildman–Crippen LogP) is -1.54. The minimum atomic E-state index is -4.40. The van der Waals surface area contributed by atoms with E-state index in [-0.39, 0.29) is 57.0 Å². The number of amides is 4. The van der Waals surface area contributed by atoms with Crippen molar-refractivity contribution in [2.24, 2.45) is 5.16 Å². The van der Waals surface area contributed by atoms with Crippen molar-refractivity contribution >= 4 is 109 Å². The lowest BCUT2D eigenvalue weighted by Gasteiger charge is -2.49. The molecule has 346 valence electrons. The first kappa shape index (κ1) is 48.3. The van der Waals surface area contributed by atoms with Crippen LogP contribution in [0.3, 0.4) is 0 Å². The number of esters is 1. The van der Waals surface area contributed by atoms with Gasteiger partial charge >= 0.3 is 17.9 Å². The van der Waals surface area contributed by atoms with Crippen molar-refractivity contribution in [3.63, 3.8) is 0 Å². The van der Waals surface area contributed by atoms with Crippen LogP contribution < -0.4 is 16.4 Å². The summed E-state index contributed by atoms with van der Waals surface area (Å²) in [5.74, 6) is -6.37. The second-order valence-electron chi connectivity index (χ2n) is 13.5. The number of thiazole rings is 1. The number of ether oxygens (including phenoxy) is 1. The molecule has 8 N–H and O–H groups in total. The van der Waals surface area contributed by atoms with E-state index in [0.717, 1.165) is 37.6 Å². The largest absolute Gasteiger partial charge is 0.477 e. The number of fused-ring (bicyclic) bond motifs is 2. The molecule has 1 aromatic carbocycles. The van der Waals surface area contributed by atoms with E-state index < -0.39 is 86.5 Å². The number of carbonyl (C=O) groups is 7. The Hall–Kier alpha value is -6.12. The Kier molecular flexibility index (Phi) is 15.1. The van der Waals surface area contributed by atoms with Crippen molar-refractivity contribution in [2.45, 2.75) is 46.9 Å². The summed E-state index contributed by atoms with van der Waals surface area (Å²) in [5.41, 5.74) is 6.15. The number of aliphatic hydroxyl groups excluding tert-OH is 1. The number of carboxylic acids is 2. The fraction of sp³-hybridized carbons (Fsp3) is 0.353. The van der Waals surface area contributed by atoms with Crippen LogP contribution in [-0.4, -0.2) is 164 Å². The molecule has 5 atom stereocenters. The number of hydrogen-bond acceptors (Lipinski definition) is 22. The summed E-state index contributed by atoms with van der Waals surface area (Å²) in [5, 5.41) is 49.2. The maximum absolute atomic E-state index is 12.8. The van der Waals surface area contributed by atoms with Gasteiger partial charge < -0.3 is 41.3 Å². The topological polar surface area (TPSA) is 378 Å². The van der Waals surface area contributed by atoms with Gasteiger partial charge in [-0.3, -0.25) is 38.3 Å². The lowest BCUT2D eigenvalue weighted by atomic mass is 10.0. The molecule has 65 heavy (non-hydrogen) atoms. The third kappa shape index (κ3) is 10.9. The van der Waals surface area contributed by atoms with E-state index in [1.165, 1.54) is 42.9 Å². The van der Waals surface area contributed by atoms with Crippen molar-refractivity contribution in [1.29, 1.82) is 0 Å². The third-order valence-electron chi connectivity index (χ3n) is 9.22. The number of rotatable bonds is 16. The number of aromatic nitrogens is 5. The predicted molar refractivity (Wildman–Crippen MR) is 228 cm³/mol. The molecule has 4 aliphatic rings. The number of anilines is 1. The van der Waals surface area contributed by atoms with E-state index in [1.54, 1.807) is 30.3 Å². The normalized spacial score (nSPS) is 20.8. The van der Waals surface area contributed by atoms with Crippen LogP contribution in [0.2, 0.25) is 0 Å². The van der Waals surface area contributed by atoms with Crippen LogP contribution in [0.5, 0.6) is 0 Å². The molecule has 3 aromatic rings. The van der Waals surface area contributed by atoms with E-state index in [9.17, 15) is 57.3 Å². The van der Waals surface area contributed by atoms with Crippen LogP contribution in [0.15, 0.2) is 68.6 Å². The van der Waals surface area contributed by atoms with Crippen LogP contribution in [-0.2, 0) is 59.1 Å². The second kappa shape index (κ2) is 20.4. The number of aliphatic hydroxyl groups is 1. The van der Waals surface area contributed by atoms with Gasteiger partial charge in [-0.1, -0.05) is 47.2 Å². The molecule has 0 bridgehead atoms. The summed E-state index contributed by atoms with van der Waals surface area (Å²) < 4.78 is 36.9. The van der Waals surface area contributed by atoms with E-state index >= 15 is 0 Å². The standard InChI is InChI=1S/C18H18N6O8S3.C16H17N5O7S2/c25-13(9-4-2-1-3-5-9)14(26)19-11-15(27)24-12(17(28)29)10(6-33-16(11)24)7-34-18-20-21-22-23(18)8-35(30,31)32;1-6(22)28-3-7-4-29-14-10(13(24)21(14)11(7)15(25)26)19-12(23)9(20-27-2)8-5-30-16(17)18-8/h1-5,11,13,16,25H,6-8H2,(H,19,26)(H,28,29)(H,30,31,32);5,10,14H,3-4H2,1-2H3,(H2,17,18)(H,19,23)(H,25,26)/b;20-9+/t11-,13-,16-;10-,14-/m11/s1. The highest BCUT2D eigenvalue weighted by Gasteiger charge is 2.56. The van der Waals surface area contributed by atoms with Crippen molar-refractivity contribution < 1.29 is 71.4 Å². The lowest BCUT2D eigenvalue weighted by Crippen LogP contribution is -2.71. The zero-order valence-corrected chi connectivity index (χ0v) is 37.4. The Morgan fingerprint density at radius 1 is 0.985 bits per heavy atom. The first-order valence-corrected chi connectivity index (χ1v) is 23.8. The number of benzene rings is 1. The number of nitrogens with zero attached hydrogens (tertiary/aromatic N) is 8. The van der Waals surface area contributed by atoms with Gasteiger partial charge in [-0.15, -0.1) is 40.0 Å². The van der Waals surface area contributed by atoms with Crippen molar-refractivity contribution in [3.8, 4) is 0 Å². The fourth-order valence-electron chi connectivity index (χ4n) is 6.39. The lowest BCUT2D eigenvalue weighted by molar-refractivity contribution is -0.151. The maximum Gasteiger partial charge on any atom is 0.352 e. The van der Waals surface area contributed by atoms with Gasteiger partial charge in [0.2, 0.25) is 5.16 Å². The summed E-state index contributed by atoms with van der Waals surface area (Å²) in [6.07, 6.45) is -1.48. The van der Waals surface area contributed by atoms with Gasteiger partial charge in [-0.2, -0.15) is 8.42 Å². The number of aliphatic carboxylic acids is 2. The van der Waals surface area contributed by atoms with E-state index in [4.69, 9.17) is 15.0 Å². The first-order chi connectivity index (χ1) is 30.8. The molecule has 0 radical (unpaired) electrons. The Labute approximate surface area is 382 Å². The number of hydrogen-bond donors (Lipinski definition) is 7. The fourth-order valence-corrected chi connectivity index (χ4v) is 11.2. The number of tetrazole rings is 1. The summed E-state index contributed by atoms with van der Waals surface area (Å²) in [6, 6.07) is 6.20. The number of carboxylic acid groups (broad SMARTS) is 2. The molecule has 0 unspecified atom stereocenters. The summed E-state index contributed by atoms with van der Waals surface area (Å²) in [7, 11) is -3.14. The van der Waals surface area contributed by atoms with Crippen LogP contribution in [0.25, 0.3) is 0 Å². The highest BCUT2D eigenvalue weighted by atomic mass is 32.2. The smallest absolute Gasteiger partial charge is 0.352 e. The van der Waals surface area contributed by atoms with Crippen LogP contribution in [0.4, 0.5) is 5.13 Å². The van der Waals surface area contributed by atoms with Crippen molar-refractivity contribution in [3.05, 3.63) is 69.5 Å². The summed E-state index contributed by atoms with van der Waals surface area (Å²) >= 11 is 4.53. The molecule has 2 saturated heterocycles. The number of carbonyl (C=O) groups excluding carboxylic acids is 5. The minimum Gasteiger partial charge on any atom is -0.477 e. The number of thioether (sulfide) groups is 3. The molecule has 26 nitrogen and oxygen atoms in total. The van der Waals surface area contributed by atoms with E-state index in [1.807, 2.05) is 0 Å². The summed E-state index contributed by atoms with van der Waals surface area (Å²) in [6.45, 7) is 0.975. The molecule has 6 heterocycles. The molecule has 0 spiro atoms. The van der Waals surface area contributed by atoms with Gasteiger partial charge in [0.05, 0.1) is 0 Å². The Morgan fingerprint density at radius 3 is 2.14 bits per heavy atom. The molecule has 4 aliphatic heterocycles. The Morgan fingerprint density at radius 2 is 1.58 bits per heavy atom. The number of oxime groups is 1. The van der Waals surface area contributed by atoms with Crippen molar-refractivity contribution in [1.82, 2.24) is 45.6 Å². The Balaban J connectivity index is 0.000000218. The van der Waals surface area contributed by atoms with Crippen molar-refractivity contribution in [2.75, 3.05) is 36.7 Å². The number of nitrogens with one attached hydrogen (secondary N) is 2. The van der Waals surface area contributed by atoms with E-state index in [2.05, 4.69) is 41.1 Å². The third-order valence-corrected chi connectivity index (χ3v) is 14.2. The molecular formula is C34H35N11O15S5. The molecule has 0 aliphatic carbocycles. The molecule has 2 aromatic heterocycles. The SMILES string of the molecule is CO/N=C(/C(=O)N[C@@H]1C(=O)N2C(C(=O)O)=C(COC(C)=O)CS[C@H]12)c1csc(N)n1.O=C(O)C1=C(CSc2nnnn2CS(=O)(=O)O)CS[C@@H]2[C@H](NC(=O)[C@H](O)c3ccccc3)C(=O)N12. The average Bonchev–Trinajstić information content (AvgIpc) is 3.90. The van der Waals surface area contributed by atoms with Crippen LogP contribution in [0, 0.1) is 0 Å². The monoisotopic (exact) mass is 997 g/mol. The molecule has 31 heteroatoms. The zero-order chi connectivity index (χ0) is 47.3. The Bertz CT molecular complexity index is 2620. The first-order valence-electron chi connectivity index (χ1n) is 18.2. The number of nitrogen functional groups attached to an aromatic ring is 1. The highest BCUT2D eigenvalue weighted by molar-refractivity contribution is 8.01. The van der Waals surface area contributed by atoms with E-state index in [0.29, 0.717) is 16.7 Å². The zero-order valence-electron chi connectivity index (χ0n) is 33.4. The van der Waals surface area contributed by atoms with Crippen LogP contribution in [0.1, 0.15) is 24.3 Å². The molecule has 2 fully saturated rings. The molecule has 0 saturated carbocycles. The van der Waals surface area contributed by atoms with Gasteiger partial charge in [-0.25, -0.2) is 19.3 Å².